The number of hydrogen-bond donors (Lipinski definition) is 2. The lowest BCUT2D eigenvalue weighted by Gasteiger charge is -2.27. The maximum Gasteiger partial charge on any atom is 0.231 e. The molecule has 1 fully saturated rings. The molecule has 0 saturated carbocycles. The molecule has 0 amide bonds. The van der Waals surface area contributed by atoms with Gasteiger partial charge in [-0.3, -0.25) is 0 Å². The average Bonchev–Trinajstić information content (AvgIpc) is 2.45. The van der Waals surface area contributed by atoms with Crippen molar-refractivity contribution < 1.29 is 0 Å². The minimum Gasteiger partial charge on any atom is -0.354 e. The monoisotopic (exact) mass is 278 g/mol. The Balaban J connectivity index is 2.19. The van der Waals surface area contributed by atoms with Crippen molar-refractivity contribution >= 4 is 17.8 Å². The van der Waals surface area contributed by atoms with Gasteiger partial charge in [0.05, 0.1) is 0 Å². The van der Waals surface area contributed by atoms with Gasteiger partial charge in [-0.05, 0) is 39.5 Å². The van der Waals surface area contributed by atoms with Crippen LogP contribution in [0.2, 0.25) is 0 Å². The molecule has 1 saturated heterocycles. The summed E-state index contributed by atoms with van der Waals surface area (Å²) in [6.07, 6.45) is 4.80. The number of anilines is 3. The van der Waals surface area contributed by atoms with Crippen LogP contribution in [0.25, 0.3) is 0 Å². The molecule has 1 aromatic heterocycles. The van der Waals surface area contributed by atoms with E-state index < -0.39 is 0 Å². The van der Waals surface area contributed by atoms with Gasteiger partial charge in [-0.2, -0.15) is 15.0 Å². The highest BCUT2D eigenvalue weighted by Crippen LogP contribution is 2.18. The molecule has 0 atom stereocenters. The van der Waals surface area contributed by atoms with Gasteiger partial charge in [-0.25, -0.2) is 0 Å². The molecule has 0 aromatic carbocycles. The number of piperidine rings is 1. The summed E-state index contributed by atoms with van der Waals surface area (Å²) in [5.41, 5.74) is 0. The third-order valence-corrected chi connectivity index (χ3v) is 3.21. The first-order chi connectivity index (χ1) is 9.69. The van der Waals surface area contributed by atoms with Crippen molar-refractivity contribution in [3.05, 3.63) is 0 Å². The van der Waals surface area contributed by atoms with Crippen molar-refractivity contribution in [1.82, 2.24) is 15.0 Å². The molecule has 112 valence electrons. The highest BCUT2D eigenvalue weighted by atomic mass is 15.3. The first-order valence-corrected chi connectivity index (χ1v) is 7.70. The van der Waals surface area contributed by atoms with Crippen LogP contribution in [0.5, 0.6) is 0 Å². The molecule has 1 aliphatic rings. The number of hydrogen-bond acceptors (Lipinski definition) is 6. The molecule has 0 bridgehead atoms. The molecule has 0 radical (unpaired) electrons. The van der Waals surface area contributed by atoms with Crippen LogP contribution < -0.4 is 15.5 Å². The van der Waals surface area contributed by atoms with Crippen LogP contribution in [0.4, 0.5) is 17.8 Å². The molecule has 0 unspecified atom stereocenters. The van der Waals surface area contributed by atoms with Crippen LogP contribution >= 0.6 is 0 Å². The quantitative estimate of drug-likeness (QED) is 0.833. The van der Waals surface area contributed by atoms with Gasteiger partial charge in [0, 0.05) is 25.7 Å². The molecule has 6 nitrogen and oxygen atoms in total. The fourth-order valence-corrected chi connectivity index (χ4v) is 2.24. The Kier molecular flexibility index (Phi) is 5.38. The van der Waals surface area contributed by atoms with Crippen molar-refractivity contribution in [2.45, 2.75) is 52.5 Å². The lowest BCUT2D eigenvalue weighted by Crippen LogP contribution is -2.31. The lowest BCUT2D eigenvalue weighted by atomic mass is 10.1. The molecule has 0 aliphatic carbocycles. The van der Waals surface area contributed by atoms with Gasteiger partial charge in [0.2, 0.25) is 17.8 Å². The van der Waals surface area contributed by atoms with Gasteiger partial charge in [0.1, 0.15) is 0 Å². The van der Waals surface area contributed by atoms with E-state index in [2.05, 4.69) is 51.3 Å². The van der Waals surface area contributed by atoms with Crippen LogP contribution in [-0.4, -0.2) is 40.6 Å². The average molecular weight is 278 g/mol. The van der Waals surface area contributed by atoms with Gasteiger partial charge in [0.15, 0.2) is 0 Å². The fourth-order valence-electron chi connectivity index (χ4n) is 2.24. The van der Waals surface area contributed by atoms with Crippen molar-refractivity contribution in [3.8, 4) is 0 Å². The van der Waals surface area contributed by atoms with E-state index in [0.717, 1.165) is 32.0 Å². The highest BCUT2D eigenvalue weighted by molar-refractivity contribution is 5.44. The summed E-state index contributed by atoms with van der Waals surface area (Å²) in [6, 6.07) is 0.311. The van der Waals surface area contributed by atoms with Crippen LogP contribution in [0.3, 0.4) is 0 Å². The van der Waals surface area contributed by atoms with Gasteiger partial charge < -0.3 is 15.5 Å². The second-order valence-corrected chi connectivity index (χ2v) is 5.56. The summed E-state index contributed by atoms with van der Waals surface area (Å²) in [5.74, 6) is 2.13. The predicted molar refractivity (Wildman–Crippen MR) is 83.4 cm³/mol. The maximum absolute atomic E-state index is 4.56. The maximum atomic E-state index is 4.56. The summed E-state index contributed by atoms with van der Waals surface area (Å²) in [5, 5.41) is 6.53. The Bertz CT molecular complexity index is 414. The van der Waals surface area contributed by atoms with Crippen molar-refractivity contribution in [1.29, 1.82) is 0 Å². The smallest absolute Gasteiger partial charge is 0.231 e. The molecule has 6 heteroatoms. The van der Waals surface area contributed by atoms with E-state index in [1.807, 2.05) is 0 Å². The van der Waals surface area contributed by atoms with E-state index in [0.29, 0.717) is 17.9 Å². The zero-order valence-corrected chi connectivity index (χ0v) is 12.8. The third kappa shape index (κ3) is 4.21. The highest BCUT2D eigenvalue weighted by Gasteiger charge is 2.16. The van der Waals surface area contributed by atoms with Gasteiger partial charge >= 0.3 is 0 Å². The summed E-state index contributed by atoms with van der Waals surface area (Å²) < 4.78 is 0. The van der Waals surface area contributed by atoms with Gasteiger partial charge in [0.25, 0.3) is 0 Å². The Morgan fingerprint density at radius 2 is 1.75 bits per heavy atom. The molecule has 2 heterocycles. The first-order valence-electron chi connectivity index (χ1n) is 7.70. The van der Waals surface area contributed by atoms with E-state index in [-0.39, 0.29) is 0 Å². The molecule has 1 aromatic rings. The van der Waals surface area contributed by atoms with Crippen LogP contribution in [0.1, 0.15) is 46.5 Å². The Morgan fingerprint density at radius 3 is 2.40 bits per heavy atom. The van der Waals surface area contributed by atoms with Crippen molar-refractivity contribution in [2.75, 3.05) is 35.2 Å². The molecular weight excluding hydrogens is 252 g/mol. The van der Waals surface area contributed by atoms with Crippen molar-refractivity contribution in [3.63, 3.8) is 0 Å². The number of nitrogens with zero attached hydrogens (tertiary/aromatic N) is 4. The van der Waals surface area contributed by atoms with Crippen LogP contribution in [-0.2, 0) is 0 Å². The Labute approximate surface area is 121 Å². The molecule has 2 rings (SSSR count). The first kappa shape index (κ1) is 14.8. The van der Waals surface area contributed by atoms with E-state index in [1.165, 1.54) is 19.3 Å². The largest absolute Gasteiger partial charge is 0.354 e. The Morgan fingerprint density at radius 1 is 1.05 bits per heavy atom. The number of rotatable bonds is 6. The molecule has 1 aliphatic heterocycles. The SMILES string of the molecule is CCCNc1nc(NC(C)C)nc(N2CCCCC2)n1. The normalized spacial score (nSPS) is 15.5. The zero-order chi connectivity index (χ0) is 14.4. The summed E-state index contributed by atoms with van der Waals surface area (Å²) >= 11 is 0. The molecule has 0 spiro atoms. The second-order valence-electron chi connectivity index (χ2n) is 5.56. The predicted octanol–water partition coefficient (Wildman–Crippen LogP) is 2.50. The van der Waals surface area contributed by atoms with E-state index in [1.54, 1.807) is 0 Å². The summed E-state index contributed by atoms with van der Waals surface area (Å²) in [4.78, 5) is 15.8. The lowest BCUT2D eigenvalue weighted by molar-refractivity contribution is 0.567. The third-order valence-electron chi connectivity index (χ3n) is 3.21. The molecule has 20 heavy (non-hydrogen) atoms. The minimum absolute atomic E-state index is 0.311. The number of nitrogens with one attached hydrogen (secondary N) is 2. The van der Waals surface area contributed by atoms with Gasteiger partial charge in [-0.15, -0.1) is 0 Å². The fraction of sp³-hybridized carbons (Fsp3) is 0.786. The second kappa shape index (κ2) is 7.26. The van der Waals surface area contributed by atoms with E-state index in [4.69, 9.17) is 0 Å². The zero-order valence-electron chi connectivity index (χ0n) is 12.8. The number of aromatic nitrogens is 3. The summed E-state index contributed by atoms with van der Waals surface area (Å²) in [6.45, 7) is 9.27. The van der Waals surface area contributed by atoms with E-state index >= 15 is 0 Å². The summed E-state index contributed by atoms with van der Waals surface area (Å²) in [7, 11) is 0. The minimum atomic E-state index is 0.311. The van der Waals surface area contributed by atoms with E-state index in [9.17, 15) is 0 Å². The van der Waals surface area contributed by atoms with Crippen LogP contribution in [0.15, 0.2) is 0 Å². The van der Waals surface area contributed by atoms with Gasteiger partial charge in [-0.1, -0.05) is 6.92 Å². The standard InChI is InChI=1S/C14H26N6/c1-4-8-15-12-17-13(16-11(2)3)19-14(18-12)20-9-6-5-7-10-20/h11H,4-10H2,1-3H3,(H2,15,16,17,18,19). The molecular formula is C14H26N6. The Hall–Kier alpha value is -1.59. The van der Waals surface area contributed by atoms with Crippen LogP contribution in [0, 0.1) is 0 Å². The van der Waals surface area contributed by atoms with Crippen molar-refractivity contribution in [2.24, 2.45) is 0 Å². The topological polar surface area (TPSA) is 66.0 Å². The molecule has 2 N–H and O–H groups in total.